The summed E-state index contributed by atoms with van der Waals surface area (Å²) in [5.74, 6) is 0. The highest BCUT2D eigenvalue weighted by atomic mass is 15.2. The summed E-state index contributed by atoms with van der Waals surface area (Å²) in [6, 6.07) is 121. The lowest BCUT2D eigenvalue weighted by Crippen LogP contribution is -2.09. The zero-order chi connectivity index (χ0) is 53.9. The van der Waals surface area contributed by atoms with E-state index in [1.807, 2.05) is 0 Å². The zero-order valence-corrected chi connectivity index (χ0v) is 44.6. The third kappa shape index (κ3) is 9.33. The fourth-order valence-electron chi connectivity index (χ4n) is 11.9. The van der Waals surface area contributed by atoms with Gasteiger partial charge < -0.3 is 14.7 Å². The summed E-state index contributed by atoms with van der Waals surface area (Å²) >= 11 is 0. The number of para-hydroxylation sites is 6. The van der Waals surface area contributed by atoms with Gasteiger partial charge in [-0.15, -0.1) is 0 Å². The fourth-order valence-corrected chi connectivity index (χ4v) is 11.9. The van der Waals surface area contributed by atoms with Gasteiger partial charge in [0, 0.05) is 51.2 Å². The second-order valence-corrected chi connectivity index (χ2v) is 20.4. The van der Waals surface area contributed by atoms with Crippen molar-refractivity contribution < 1.29 is 0 Å². The van der Waals surface area contributed by atoms with Crippen molar-refractivity contribution in [2.24, 2.45) is 0 Å². The Morgan fingerprint density at radius 3 is 0.889 bits per heavy atom. The summed E-state index contributed by atoms with van der Waals surface area (Å²) in [7, 11) is 0. The molecule has 0 radical (unpaired) electrons. The molecular formula is C78H55N3. The minimum atomic E-state index is 1.08. The summed E-state index contributed by atoms with van der Waals surface area (Å²) in [6.45, 7) is 0. The van der Waals surface area contributed by atoms with Crippen molar-refractivity contribution in [1.29, 1.82) is 0 Å². The van der Waals surface area contributed by atoms with Crippen LogP contribution in [0.5, 0.6) is 0 Å². The maximum absolute atomic E-state index is 2.46. The van der Waals surface area contributed by atoms with Crippen molar-refractivity contribution in [3.8, 4) is 44.5 Å². The third-order valence-electron chi connectivity index (χ3n) is 15.6. The summed E-state index contributed by atoms with van der Waals surface area (Å²) in [5, 5.41) is 7.16. The highest BCUT2D eigenvalue weighted by molar-refractivity contribution is 6.33. The van der Waals surface area contributed by atoms with Crippen LogP contribution < -0.4 is 14.7 Å². The zero-order valence-electron chi connectivity index (χ0n) is 44.6. The molecule has 0 heterocycles. The number of rotatable bonds is 13. The Hall–Kier alpha value is -10.7. The van der Waals surface area contributed by atoms with E-state index in [1.165, 1.54) is 54.6 Å². The van der Waals surface area contributed by atoms with Crippen LogP contribution in [0.3, 0.4) is 0 Å². The predicted molar refractivity (Wildman–Crippen MR) is 345 cm³/mol. The van der Waals surface area contributed by atoms with Gasteiger partial charge >= 0.3 is 0 Å². The Bertz CT molecular complexity index is 4320. The quantitative estimate of drug-likeness (QED) is 0.107. The number of benzene rings is 14. The van der Waals surface area contributed by atoms with Crippen LogP contribution in [0.4, 0.5) is 51.2 Å². The van der Waals surface area contributed by atoms with E-state index >= 15 is 0 Å². The largest absolute Gasteiger partial charge is 0.311 e. The molecule has 3 nitrogen and oxygen atoms in total. The molecule has 0 saturated heterocycles. The first-order valence-electron chi connectivity index (χ1n) is 27.7. The normalized spacial score (nSPS) is 11.2. The van der Waals surface area contributed by atoms with Crippen molar-refractivity contribution in [2.45, 2.75) is 0 Å². The lowest BCUT2D eigenvalue weighted by Gasteiger charge is -2.27. The van der Waals surface area contributed by atoms with E-state index in [1.54, 1.807) is 0 Å². The molecule has 0 aliphatic carbocycles. The topological polar surface area (TPSA) is 9.72 Å². The van der Waals surface area contributed by atoms with Crippen molar-refractivity contribution in [2.75, 3.05) is 14.7 Å². The van der Waals surface area contributed by atoms with Crippen LogP contribution >= 0.6 is 0 Å². The monoisotopic (exact) mass is 1030 g/mol. The first-order chi connectivity index (χ1) is 40.2. The van der Waals surface area contributed by atoms with E-state index in [-0.39, 0.29) is 0 Å². The molecule has 382 valence electrons. The first-order valence-corrected chi connectivity index (χ1v) is 27.7. The van der Waals surface area contributed by atoms with Crippen molar-refractivity contribution >= 4 is 83.5 Å². The molecule has 0 unspecified atom stereocenters. The van der Waals surface area contributed by atoms with Gasteiger partial charge in [0.1, 0.15) is 0 Å². The second-order valence-electron chi connectivity index (χ2n) is 20.4. The molecule has 3 heteroatoms. The maximum atomic E-state index is 2.46. The van der Waals surface area contributed by atoms with Crippen LogP contribution in [0, 0.1) is 0 Å². The molecule has 0 spiro atoms. The molecule has 0 fully saturated rings. The molecule has 0 saturated carbocycles. The molecule has 0 N–H and O–H groups in total. The highest BCUT2D eigenvalue weighted by Crippen LogP contribution is 2.51. The number of hydrogen-bond donors (Lipinski definition) is 0. The standard InChI is InChI=1S/C78H55N3/c1-9-25-57(26-10-1)72-55-73(58-43-48-68(49-44-58)80(63-33-17-5-18-34-63)64-35-19-6-20-36-64)77-70-52-50-69(81(65-37-21-7-22-38-65)66-39-23-8-24-40-66)54-75(70)74-53-60(45-51-71(74)78(77)76(72)59-27-11-2-12-28-59)56-41-46-67(47-42-56)79(61-29-13-3-14-30-61)62-31-15-4-16-32-62/h1-55H. The van der Waals surface area contributed by atoms with Gasteiger partial charge in [-0.25, -0.2) is 0 Å². The molecular weight excluding hydrogens is 979 g/mol. The van der Waals surface area contributed by atoms with E-state index in [0.29, 0.717) is 0 Å². The molecule has 81 heavy (non-hydrogen) atoms. The predicted octanol–water partition coefficient (Wildman–Crippen LogP) is 22.2. The van der Waals surface area contributed by atoms with E-state index in [4.69, 9.17) is 0 Å². The Morgan fingerprint density at radius 1 is 0.160 bits per heavy atom. The molecule has 14 aromatic rings. The fraction of sp³-hybridized carbons (Fsp3) is 0. The third-order valence-corrected chi connectivity index (χ3v) is 15.6. The number of anilines is 9. The van der Waals surface area contributed by atoms with E-state index in [0.717, 1.165) is 73.4 Å². The van der Waals surface area contributed by atoms with E-state index < -0.39 is 0 Å². The van der Waals surface area contributed by atoms with E-state index in [9.17, 15) is 0 Å². The molecule has 14 aromatic carbocycles. The van der Waals surface area contributed by atoms with Crippen LogP contribution in [0.15, 0.2) is 334 Å². The van der Waals surface area contributed by atoms with Gasteiger partial charge in [0.25, 0.3) is 0 Å². The van der Waals surface area contributed by atoms with Crippen LogP contribution in [0.25, 0.3) is 76.8 Å². The number of fused-ring (bicyclic) bond motifs is 6. The molecule has 0 bridgehead atoms. The molecule has 0 aliphatic heterocycles. The highest BCUT2D eigenvalue weighted by Gasteiger charge is 2.24. The van der Waals surface area contributed by atoms with Crippen LogP contribution in [-0.4, -0.2) is 0 Å². The smallest absolute Gasteiger partial charge is 0.0468 e. The van der Waals surface area contributed by atoms with Crippen molar-refractivity contribution in [1.82, 2.24) is 0 Å². The number of hydrogen-bond acceptors (Lipinski definition) is 3. The average molecular weight is 1030 g/mol. The lowest BCUT2D eigenvalue weighted by atomic mass is 9.81. The number of nitrogens with zero attached hydrogens (tertiary/aromatic N) is 3. The van der Waals surface area contributed by atoms with Crippen LogP contribution in [0.1, 0.15) is 0 Å². The summed E-state index contributed by atoms with van der Waals surface area (Å²) in [6.07, 6.45) is 0. The molecule has 0 amide bonds. The van der Waals surface area contributed by atoms with Gasteiger partial charge in [-0.1, -0.05) is 212 Å². The van der Waals surface area contributed by atoms with E-state index in [2.05, 4.69) is 348 Å². The Balaban J connectivity index is 1.05. The molecule has 0 atom stereocenters. The Kier molecular flexibility index (Phi) is 13.0. The van der Waals surface area contributed by atoms with Crippen molar-refractivity contribution in [3.05, 3.63) is 334 Å². The lowest BCUT2D eigenvalue weighted by molar-refractivity contribution is 1.28. The van der Waals surface area contributed by atoms with Gasteiger partial charge in [0.15, 0.2) is 0 Å². The Morgan fingerprint density at radius 2 is 0.457 bits per heavy atom. The SMILES string of the molecule is c1ccc(-c2cc(-c3ccc(N(c4ccccc4)c4ccccc4)cc3)c3c4ccc(N(c5ccccc5)c5ccccc5)cc4c4cc(-c5ccc(N(c6ccccc6)c6ccccc6)cc5)ccc4c3c2-c2ccccc2)cc1. The van der Waals surface area contributed by atoms with Crippen LogP contribution in [0.2, 0.25) is 0 Å². The van der Waals surface area contributed by atoms with Gasteiger partial charge in [0.05, 0.1) is 0 Å². The minimum Gasteiger partial charge on any atom is -0.311 e. The van der Waals surface area contributed by atoms with Crippen LogP contribution in [-0.2, 0) is 0 Å². The Labute approximate surface area is 473 Å². The van der Waals surface area contributed by atoms with Gasteiger partial charge in [-0.05, 0) is 198 Å². The van der Waals surface area contributed by atoms with Gasteiger partial charge in [-0.3, -0.25) is 0 Å². The molecule has 0 aliphatic rings. The summed E-state index contributed by atoms with van der Waals surface area (Å²) < 4.78 is 0. The average Bonchev–Trinajstić information content (AvgIpc) is 2.95. The summed E-state index contributed by atoms with van der Waals surface area (Å²) in [4.78, 5) is 7.03. The van der Waals surface area contributed by atoms with Gasteiger partial charge in [-0.2, -0.15) is 0 Å². The molecule has 14 rings (SSSR count). The maximum Gasteiger partial charge on any atom is 0.0468 e. The van der Waals surface area contributed by atoms with Gasteiger partial charge in [0.2, 0.25) is 0 Å². The minimum absolute atomic E-state index is 1.08. The first kappa shape index (κ1) is 48.6. The summed E-state index contributed by atoms with van der Waals surface area (Å²) in [5.41, 5.74) is 19.2. The molecule has 0 aromatic heterocycles. The second kappa shape index (κ2) is 21.6. The van der Waals surface area contributed by atoms with Crippen molar-refractivity contribution in [3.63, 3.8) is 0 Å².